The number of aryl methyl sites for hydroxylation is 1. The van der Waals surface area contributed by atoms with Crippen molar-refractivity contribution < 1.29 is 100 Å². The van der Waals surface area contributed by atoms with E-state index in [4.69, 9.17) is 62.8 Å². The first kappa shape index (κ1) is 80.8. The molecular formula is C71H101FN10O21. The zero-order valence-corrected chi connectivity index (χ0v) is 59.5. The van der Waals surface area contributed by atoms with E-state index in [9.17, 15) is 48.6 Å². The number of esters is 1. The van der Waals surface area contributed by atoms with E-state index in [0.717, 1.165) is 18.6 Å². The number of primary amides is 1. The highest BCUT2D eigenvalue weighted by Crippen LogP contribution is 2.46. The van der Waals surface area contributed by atoms with E-state index < -0.39 is 95.6 Å². The number of nitrogens with zero attached hydrogens (tertiary/aromatic N) is 3. The minimum absolute atomic E-state index is 0.0382. The Bertz CT molecular complexity index is 3570. The largest absolute Gasteiger partial charge is 0.458 e. The summed E-state index contributed by atoms with van der Waals surface area (Å²) in [7, 11) is 0. The van der Waals surface area contributed by atoms with Crippen molar-refractivity contribution in [1.82, 2.24) is 41.0 Å². The lowest BCUT2D eigenvalue weighted by molar-refractivity contribution is -0.172. The average Bonchev–Trinajstić information content (AvgIpc) is 1.60. The molecule has 2 aromatic heterocycles. The molecule has 2 aromatic carbocycles. The van der Waals surface area contributed by atoms with E-state index in [-0.39, 0.29) is 89.0 Å². The van der Waals surface area contributed by atoms with Crippen LogP contribution in [0.1, 0.15) is 118 Å². The van der Waals surface area contributed by atoms with E-state index in [1.54, 1.807) is 58.0 Å². The molecule has 3 aliphatic heterocycles. The number of aromatic nitrogens is 2. The van der Waals surface area contributed by atoms with Gasteiger partial charge in [0, 0.05) is 54.4 Å². The maximum atomic E-state index is 15.5. The molecule has 4 aromatic rings. The number of aliphatic hydroxyl groups excluding tert-OH is 1. The number of cyclic esters (lactones) is 1. The third kappa shape index (κ3) is 22.8. The van der Waals surface area contributed by atoms with Gasteiger partial charge in [0.15, 0.2) is 5.60 Å². The fourth-order valence-electron chi connectivity index (χ4n) is 12.6. The van der Waals surface area contributed by atoms with Gasteiger partial charge in [-0.25, -0.2) is 23.8 Å². The smallest absolute Gasteiger partial charge is 0.407 e. The molecule has 8 rings (SSSR count). The molecule has 31 nitrogen and oxygen atoms in total. The first-order valence-electron chi connectivity index (χ1n) is 35.4. The molecule has 0 saturated carbocycles. The number of rotatable bonds is 46. The number of pyridine rings is 2. The van der Waals surface area contributed by atoms with Crippen LogP contribution in [0.15, 0.2) is 41.2 Å². The van der Waals surface area contributed by atoms with Crippen molar-refractivity contribution in [3.05, 3.63) is 91.5 Å². The lowest BCUT2D eigenvalue weighted by Gasteiger charge is -2.31. The molecule has 0 spiro atoms. The van der Waals surface area contributed by atoms with E-state index in [2.05, 4.69) is 38.8 Å². The lowest BCUT2D eigenvalue weighted by atomic mass is 9.81. The Labute approximate surface area is 597 Å². The van der Waals surface area contributed by atoms with Gasteiger partial charge in [0.1, 0.15) is 31.3 Å². The van der Waals surface area contributed by atoms with Crippen LogP contribution in [0, 0.1) is 18.7 Å². The summed E-state index contributed by atoms with van der Waals surface area (Å²) < 4.78 is 77.4. The first-order chi connectivity index (χ1) is 49.7. The van der Waals surface area contributed by atoms with Gasteiger partial charge < -0.3 is 104 Å². The number of ether oxygens (including phenoxy) is 11. The number of urea groups is 1. The van der Waals surface area contributed by atoms with Gasteiger partial charge in [-0.15, -0.1) is 0 Å². The summed E-state index contributed by atoms with van der Waals surface area (Å²) in [6.45, 7) is 15.8. The molecule has 0 bridgehead atoms. The number of amides is 7. The molecule has 1 fully saturated rings. The van der Waals surface area contributed by atoms with Crippen LogP contribution < -0.4 is 43.2 Å². The highest BCUT2D eigenvalue weighted by molar-refractivity contribution is 5.98. The average molecular weight is 1450 g/mol. The predicted octanol–water partition coefficient (Wildman–Crippen LogP) is 2.91. The predicted molar refractivity (Wildman–Crippen MR) is 371 cm³/mol. The molecule has 0 radical (unpaired) electrons. The van der Waals surface area contributed by atoms with E-state index >= 15 is 4.39 Å². The topological polar surface area (TPSA) is 398 Å². The number of likely N-dealkylation sites (tertiary alicyclic amines) is 1. The van der Waals surface area contributed by atoms with Gasteiger partial charge in [-0.2, -0.15) is 0 Å². The van der Waals surface area contributed by atoms with Crippen molar-refractivity contribution in [3.8, 4) is 11.4 Å². The Morgan fingerprint density at radius 1 is 0.777 bits per heavy atom. The van der Waals surface area contributed by atoms with Crippen LogP contribution in [0.25, 0.3) is 22.3 Å². The summed E-state index contributed by atoms with van der Waals surface area (Å²) in [4.78, 5) is 113. The van der Waals surface area contributed by atoms with Crippen molar-refractivity contribution >= 4 is 58.3 Å². The number of halogens is 1. The maximum Gasteiger partial charge on any atom is 0.407 e. The highest BCUT2D eigenvalue weighted by atomic mass is 19.1. The van der Waals surface area contributed by atoms with Crippen LogP contribution in [0.3, 0.4) is 0 Å². The maximum absolute atomic E-state index is 15.5. The Morgan fingerprint density at radius 3 is 1.94 bits per heavy atom. The van der Waals surface area contributed by atoms with Crippen molar-refractivity contribution in [2.24, 2.45) is 11.7 Å². The molecule has 5 heterocycles. The number of alkyl carbamates (subject to hydrolysis) is 1. The summed E-state index contributed by atoms with van der Waals surface area (Å²) >= 11 is 0. The summed E-state index contributed by atoms with van der Waals surface area (Å²) in [5.74, 6) is -3.80. The zero-order chi connectivity index (χ0) is 73.8. The summed E-state index contributed by atoms with van der Waals surface area (Å²) in [5.41, 5.74) is 7.52. The molecule has 103 heavy (non-hydrogen) atoms. The normalized spacial score (nSPS) is 17.4. The summed E-state index contributed by atoms with van der Waals surface area (Å²) in [6.07, 6.45) is 0.232. The Morgan fingerprint density at radius 2 is 1.37 bits per heavy atom. The van der Waals surface area contributed by atoms with E-state index in [1.807, 2.05) is 0 Å². The molecule has 1 aliphatic carbocycles. The molecule has 10 N–H and O–H groups in total. The zero-order valence-electron chi connectivity index (χ0n) is 59.5. The van der Waals surface area contributed by atoms with Crippen LogP contribution in [0.2, 0.25) is 0 Å². The minimum Gasteiger partial charge on any atom is -0.458 e. The lowest BCUT2D eigenvalue weighted by Crippen LogP contribution is -2.59. The van der Waals surface area contributed by atoms with Gasteiger partial charge in [0.2, 0.25) is 23.6 Å². The summed E-state index contributed by atoms with van der Waals surface area (Å²) in [6, 6.07) is 5.02. The van der Waals surface area contributed by atoms with E-state index in [0.29, 0.717) is 168 Å². The van der Waals surface area contributed by atoms with Gasteiger partial charge in [0.25, 0.3) is 5.56 Å². The Kier molecular flexibility index (Phi) is 32.2. The number of hydrogen-bond acceptors (Lipinski definition) is 23. The number of fused-ring (bicyclic) bond motifs is 5. The molecular weight excluding hydrogens is 1350 g/mol. The second-order valence-corrected chi connectivity index (χ2v) is 25.6. The van der Waals surface area contributed by atoms with Crippen molar-refractivity contribution in [1.29, 1.82) is 0 Å². The number of aliphatic hydroxyl groups is 2. The monoisotopic (exact) mass is 1450 g/mol. The number of hydrogen-bond donors (Lipinski definition) is 9. The summed E-state index contributed by atoms with van der Waals surface area (Å²) in [5, 5.41) is 40.0. The van der Waals surface area contributed by atoms with Crippen molar-refractivity contribution in [2.75, 3.05) is 144 Å². The van der Waals surface area contributed by atoms with Gasteiger partial charge in [-0.05, 0) is 98.2 Å². The van der Waals surface area contributed by atoms with Crippen LogP contribution in [-0.4, -0.2) is 229 Å². The third-order valence-electron chi connectivity index (χ3n) is 18.2. The molecule has 4 aliphatic rings. The number of carbonyl (C=O) groups is 7. The fourth-order valence-corrected chi connectivity index (χ4v) is 12.6. The Hall–Kier alpha value is -7.86. The van der Waals surface area contributed by atoms with Gasteiger partial charge in [0.05, 0.1) is 166 Å². The van der Waals surface area contributed by atoms with Crippen LogP contribution in [0.5, 0.6) is 0 Å². The fraction of sp³-hybridized carbons (Fsp3) is 0.620. The van der Waals surface area contributed by atoms with Gasteiger partial charge >= 0.3 is 18.1 Å². The third-order valence-corrected chi connectivity index (χ3v) is 18.2. The number of nitrogens with one attached hydrogen (secondary N) is 6. The van der Waals surface area contributed by atoms with Crippen LogP contribution in [0.4, 0.5) is 19.7 Å². The second-order valence-electron chi connectivity index (χ2n) is 25.6. The molecule has 7 amide bonds. The molecule has 1 unspecified atom stereocenters. The minimum atomic E-state index is -2.05. The van der Waals surface area contributed by atoms with Crippen molar-refractivity contribution in [2.45, 2.75) is 142 Å². The standard InChI is InChI=1S/C71H101FN10O21/c1-6-20-93-22-24-95-26-28-97-30-32-99-34-36-101-37-35-100-33-31-98-29-27-96-25-23-94-21-17-58(83)80-62(44(3)4)66(87)78-54(16-18-74-69(73)90)64(85)75-40-59(84)81-19-8-9-56(81)65(86)76-47-12-10-46(11-13-47)42-103-70(91)79-53-15-14-48-45(5)52(72)39-55-60(48)61(53)49-41-82-57(63(49)77-55)38-51-50(67(82)88)43-102-68(89)71(51,92)7-2/h10-13,38-39,44,53-54,56,62,66,78,87,92H,6-9,14-37,40-43H2,1-5H3,(H,75,85)(H,76,86)(H,79,91)(H,80,83)(H3,73,74,90)/t53-,54+,56+,62+,66?,71-/m0/s1. The van der Waals surface area contributed by atoms with Crippen LogP contribution in [-0.2, 0) is 108 Å². The molecule has 32 heteroatoms. The quantitative estimate of drug-likeness (QED) is 0.0154. The number of anilines is 1. The second kappa shape index (κ2) is 41.0. The SMILES string of the molecule is CCCOCCOCCOCCOCCOCCOCCOCCOCCOCCC(=O)N[C@H](C(C)C)C(O)N[C@H](CCNC(N)=O)C(=O)NCC(=O)N1CCC[C@@H]1C(=O)Nc1ccc(COC(=O)N[C@H]2CCc3c(C)c(F)cc4nc5c(c2c34)Cn2c-5cc3c(c2=O)COC(=O)[C@]3(O)CC)cc1. The number of carbonyl (C=O) groups excluding carboxylic acids is 7. The molecule has 6 atom stereocenters. The molecule has 568 valence electrons. The van der Waals surface area contributed by atoms with Crippen LogP contribution >= 0.6 is 0 Å². The van der Waals surface area contributed by atoms with Crippen molar-refractivity contribution in [3.63, 3.8) is 0 Å². The number of nitrogens with two attached hydrogens (primary N) is 1. The van der Waals surface area contributed by atoms with Gasteiger partial charge in [-0.1, -0.05) is 39.8 Å². The Balaban J connectivity index is 0.710. The number of benzene rings is 2. The molecule has 1 saturated heterocycles. The van der Waals surface area contributed by atoms with Gasteiger partial charge in [-0.3, -0.25) is 29.3 Å². The highest BCUT2D eigenvalue weighted by Gasteiger charge is 2.46. The first-order valence-corrected chi connectivity index (χ1v) is 35.4. The van der Waals surface area contributed by atoms with E-state index in [1.165, 1.54) is 15.5 Å².